The molecule has 1 aliphatic rings. The molecule has 0 aliphatic heterocycles. The molecule has 1 aromatic rings. The second kappa shape index (κ2) is 6.02. The van der Waals surface area contributed by atoms with Crippen LogP contribution < -0.4 is 4.90 Å². The van der Waals surface area contributed by atoms with Gasteiger partial charge in [-0.3, -0.25) is 0 Å². The number of aromatic nitrogens is 1. The minimum Gasteiger partial charge on any atom is -0.478 e. The van der Waals surface area contributed by atoms with Gasteiger partial charge in [0.25, 0.3) is 0 Å². The maximum absolute atomic E-state index is 11.3. The largest absolute Gasteiger partial charge is 0.478 e. The highest BCUT2D eigenvalue weighted by Gasteiger charge is 2.21. The Morgan fingerprint density at radius 1 is 1.58 bits per heavy atom. The minimum absolute atomic E-state index is 0.271. The minimum atomic E-state index is -0.939. The number of rotatable bonds is 7. The standard InChI is InChI=1S/C14H20N2O3/c1-10-5-6-15-13(12(10)14(17)18)16(2)7-8-19-9-11-3-4-11/h5-6,11H,3-4,7-9H2,1-2H3,(H,17,18). The highest BCUT2D eigenvalue weighted by atomic mass is 16.5. The third-order valence-corrected chi connectivity index (χ3v) is 3.34. The molecule has 19 heavy (non-hydrogen) atoms. The molecule has 0 aromatic carbocycles. The predicted octanol–water partition coefficient (Wildman–Crippen LogP) is 1.95. The summed E-state index contributed by atoms with van der Waals surface area (Å²) in [6, 6.07) is 1.71. The molecular formula is C14H20N2O3. The number of nitrogens with zero attached hydrogens (tertiary/aromatic N) is 2. The first-order valence-corrected chi connectivity index (χ1v) is 6.57. The molecule has 104 valence electrons. The van der Waals surface area contributed by atoms with Gasteiger partial charge in [0, 0.05) is 26.4 Å². The molecule has 0 spiro atoms. The monoisotopic (exact) mass is 264 g/mol. The van der Waals surface area contributed by atoms with E-state index in [0.29, 0.717) is 19.0 Å². The first-order chi connectivity index (χ1) is 9.09. The summed E-state index contributed by atoms with van der Waals surface area (Å²) in [4.78, 5) is 17.3. The SMILES string of the molecule is Cc1ccnc(N(C)CCOCC2CC2)c1C(=O)O. The van der Waals surface area contributed by atoms with Gasteiger partial charge in [0.15, 0.2) is 0 Å². The molecular weight excluding hydrogens is 244 g/mol. The first kappa shape index (κ1) is 13.8. The van der Waals surface area contributed by atoms with Gasteiger partial charge in [0.1, 0.15) is 11.4 Å². The predicted molar refractivity (Wildman–Crippen MR) is 72.7 cm³/mol. The van der Waals surface area contributed by atoms with Crippen molar-refractivity contribution in [1.29, 1.82) is 0 Å². The van der Waals surface area contributed by atoms with Gasteiger partial charge in [-0.05, 0) is 37.3 Å². The van der Waals surface area contributed by atoms with Crippen molar-refractivity contribution < 1.29 is 14.6 Å². The molecule has 1 aromatic heterocycles. The summed E-state index contributed by atoms with van der Waals surface area (Å²) in [7, 11) is 1.84. The summed E-state index contributed by atoms with van der Waals surface area (Å²) < 4.78 is 5.56. The molecule has 1 N–H and O–H groups in total. The zero-order valence-corrected chi connectivity index (χ0v) is 11.4. The van der Waals surface area contributed by atoms with Crippen LogP contribution in [0.4, 0.5) is 5.82 Å². The second-order valence-corrected chi connectivity index (χ2v) is 5.07. The topological polar surface area (TPSA) is 62.7 Å². The van der Waals surface area contributed by atoms with Crippen molar-refractivity contribution in [2.24, 2.45) is 5.92 Å². The summed E-state index contributed by atoms with van der Waals surface area (Å²) in [5, 5.41) is 9.25. The highest BCUT2D eigenvalue weighted by Crippen LogP contribution is 2.28. The van der Waals surface area contributed by atoms with Crippen LogP contribution in [0.1, 0.15) is 28.8 Å². The summed E-state index contributed by atoms with van der Waals surface area (Å²) >= 11 is 0. The first-order valence-electron chi connectivity index (χ1n) is 6.57. The van der Waals surface area contributed by atoms with Crippen molar-refractivity contribution in [3.63, 3.8) is 0 Å². The molecule has 1 aliphatic carbocycles. The molecule has 2 rings (SSSR count). The number of aromatic carboxylic acids is 1. The van der Waals surface area contributed by atoms with Gasteiger partial charge in [0.2, 0.25) is 0 Å². The van der Waals surface area contributed by atoms with E-state index in [9.17, 15) is 9.90 Å². The summed E-state index contributed by atoms with van der Waals surface area (Å²) in [6.45, 7) is 3.85. The van der Waals surface area contributed by atoms with E-state index >= 15 is 0 Å². The van der Waals surface area contributed by atoms with Crippen molar-refractivity contribution in [3.8, 4) is 0 Å². The summed E-state index contributed by atoms with van der Waals surface area (Å²) in [6.07, 6.45) is 4.19. The molecule has 0 unspecified atom stereocenters. The van der Waals surface area contributed by atoms with Gasteiger partial charge in [-0.1, -0.05) is 0 Å². The van der Waals surface area contributed by atoms with Crippen LogP contribution in [0, 0.1) is 12.8 Å². The molecule has 0 bridgehead atoms. The smallest absolute Gasteiger partial charge is 0.339 e. The molecule has 0 amide bonds. The number of hydrogen-bond donors (Lipinski definition) is 1. The van der Waals surface area contributed by atoms with Crippen LogP contribution in [0.2, 0.25) is 0 Å². The fraction of sp³-hybridized carbons (Fsp3) is 0.571. The third-order valence-electron chi connectivity index (χ3n) is 3.34. The number of carboxylic acids is 1. The Morgan fingerprint density at radius 3 is 2.95 bits per heavy atom. The molecule has 0 atom stereocenters. The van der Waals surface area contributed by atoms with E-state index in [1.54, 1.807) is 19.2 Å². The number of likely N-dealkylation sites (N-methyl/N-ethyl adjacent to an activating group) is 1. The summed E-state index contributed by atoms with van der Waals surface area (Å²) in [5.41, 5.74) is 0.996. The van der Waals surface area contributed by atoms with Gasteiger partial charge >= 0.3 is 5.97 Å². The highest BCUT2D eigenvalue weighted by molar-refractivity contribution is 5.94. The second-order valence-electron chi connectivity index (χ2n) is 5.07. The zero-order valence-electron chi connectivity index (χ0n) is 11.4. The molecule has 1 heterocycles. The van der Waals surface area contributed by atoms with E-state index < -0.39 is 5.97 Å². The number of carboxylic acid groups (broad SMARTS) is 1. The van der Waals surface area contributed by atoms with E-state index in [4.69, 9.17) is 4.74 Å². The van der Waals surface area contributed by atoms with Crippen molar-refractivity contribution in [2.75, 3.05) is 31.7 Å². The van der Waals surface area contributed by atoms with E-state index in [-0.39, 0.29) is 5.56 Å². The van der Waals surface area contributed by atoms with Gasteiger partial charge in [-0.15, -0.1) is 0 Å². The molecule has 0 saturated heterocycles. The Hall–Kier alpha value is -1.62. The number of ether oxygens (including phenoxy) is 1. The Balaban J connectivity index is 1.95. The van der Waals surface area contributed by atoms with Crippen LogP contribution in [-0.2, 0) is 4.74 Å². The molecule has 0 radical (unpaired) electrons. The Bertz CT molecular complexity index is 458. The van der Waals surface area contributed by atoms with Crippen LogP contribution in [-0.4, -0.2) is 42.9 Å². The number of aryl methyl sites for hydroxylation is 1. The fourth-order valence-corrected chi connectivity index (χ4v) is 1.94. The van der Waals surface area contributed by atoms with Crippen molar-refractivity contribution in [3.05, 3.63) is 23.4 Å². The van der Waals surface area contributed by atoms with Crippen LogP contribution in [0.5, 0.6) is 0 Å². The Labute approximate surface area is 113 Å². The van der Waals surface area contributed by atoms with E-state index in [2.05, 4.69) is 4.98 Å². The maximum Gasteiger partial charge on any atom is 0.339 e. The van der Waals surface area contributed by atoms with Crippen LogP contribution >= 0.6 is 0 Å². The third kappa shape index (κ3) is 3.67. The lowest BCUT2D eigenvalue weighted by Crippen LogP contribution is -2.26. The molecule has 5 heteroatoms. The van der Waals surface area contributed by atoms with E-state index in [1.807, 2.05) is 11.9 Å². The molecule has 5 nitrogen and oxygen atoms in total. The van der Waals surface area contributed by atoms with E-state index in [0.717, 1.165) is 18.1 Å². The zero-order chi connectivity index (χ0) is 13.8. The molecule has 1 saturated carbocycles. The van der Waals surface area contributed by atoms with Crippen LogP contribution in [0.25, 0.3) is 0 Å². The number of hydrogen-bond acceptors (Lipinski definition) is 4. The number of pyridine rings is 1. The van der Waals surface area contributed by atoms with Gasteiger partial charge in [-0.25, -0.2) is 9.78 Å². The van der Waals surface area contributed by atoms with Crippen molar-refractivity contribution >= 4 is 11.8 Å². The number of carbonyl (C=O) groups is 1. The lowest BCUT2D eigenvalue weighted by molar-refractivity contribution is 0.0696. The Morgan fingerprint density at radius 2 is 2.32 bits per heavy atom. The maximum atomic E-state index is 11.3. The van der Waals surface area contributed by atoms with Crippen LogP contribution in [0.15, 0.2) is 12.3 Å². The normalized spacial score (nSPS) is 14.4. The van der Waals surface area contributed by atoms with Gasteiger partial charge in [0.05, 0.1) is 6.61 Å². The average molecular weight is 264 g/mol. The summed E-state index contributed by atoms with van der Waals surface area (Å²) in [5.74, 6) is 0.311. The lowest BCUT2D eigenvalue weighted by Gasteiger charge is -2.20. The van der Waals surface area contributed by atoms with Gasteiger partial charge < -0.3 is 14.7 Å². The van der Waals surface area contributed by atoms with E-state index in [1.165, 1.54) is 12.8 Å². The quantitative estimate of drug-likeness (QED) is 0.763. The van der Waals surface area contributed by atoms with Crippen LogP contribution in [0.3, 0.4) is 0 Å². The Kier molecular flexibility index (Phi) is 4.37. The van der Waals surface area contributed by atoms with Crippen molar-refractivity contribution in [2.45, 2.75) is 19.8 Å². The van der Waals surface area contributed by atoms with Gasteiger partial charge in [-0.2, -0.15) is 0 Å². The molecule has 1 fully saturated rings. The average Bonchev–Trinajstić information content (AvgIpc) is 3.17. The lowest BCUT2D eigenvalue weighted by atomic mass is 10.1. The fourth-order valence-electron chi connectivity index (χ4n) is 1.94. The van der Waals surface area contributed by atoms with Crippen molar-refractivity contribution in [1.82, 2.24) is 4.98 Å². The number of anilines is 1.